The number of ether oxygens (including phenoxy) is 1. The van der Waals surface area contributed by atoms with Gasteiger partial charge < -0.3 is 15.0 Å². The molecule has 1 N–H and O–H groups in total. The van der Waals surface area contributed by atoms with Crippen LogP contribution in [0, 0.1) is 6.92 Å². The first-order valence-electron chi connectivity index (χ1n) is 14.2. The molecule has 0 saturated carbocycles. The molecule has 0 bridgehead atoms. The molecule has 0 fully saturated rings. The Morgan fingerprint density at radius 1 is 0.909 bits per heavy atom. The minimum absolute atomic E-state index is 0.0102. The van der Waals surface area contributed by atoms with Gasteiger partial charge in [-0.3, -0.25) is 13.9 Å². The van der Waals surface area contributed by atoms with E-state index >= 15 is 0 Å². The van der Waals surface area contributed by atoms with Crippen molar-refractivity contribution in [3.05, 3.63) is 125 Å². The molecule has 230 valence electrons. The smallest absolute Gasteiger partial charge is 0.264 e. The van der Waals surface area contributed by atoms with Gasteiger partial charge in [-0.2, -0.15) is 0 Å². The lowest BCUT2D eigenvalue weighted by atomic mass is 10.0. The molecule has 44 heavy (non-hydrogen) atoms. The summed E-state index contributed by atoms with van der Waals surface area (Å²) in [5.41, 5.74) is 2.61. The molecule has 1 atom stereocenters. The van der Waals surface area contributed by atoms with Gasteiger partial charge in [0.05, 0.1) is 17.7 Å². The molecule has 1 unspecified atom stereocenters. The molecule has 4 aromatic rings. The number of hydrogen-bond acceptors (Lipinski definition) is 5. The summed E-state index contributed by atoms with van der Waals surface area (Å²) in [6.07, 6.45) is 0.215. The van der Waals surface area contributed by atoms with Gasteiger partial charge in [0.2, 0.25) is 11.8 Å². The third-order valence-electron chi connectivity index (χ3n) is 7.15. The van der Waals surface area contributed by atoms with Crippen molar-refractivity contribution in [2.45, 2.75) is 37.8 Å². The summed E-state index contributed by atoms with van der Waals surface area (Å²) in [4.78, 5) is 29.4. The zero-order valence-electron chi connectivity index (χ0n) is 24.9. The van der Waals surface area contributed by atoms with E-state index < -0.39 is 28.5 Å². The number of aryl methyl sites for hydroxylation is 1. The number of benzene rings is 4. The van der Waals surface area contributed by atoms with Gasteiger partial charge in [-0.1, -0.05) is 83.9 Å². The molecule has 0 aliphatic rings. The average Bonchev–Trinajstić information content (AvgIpc) is 3.03. The predicted molar refractivity (Wildman–Crippen MR) is 173 cm³/mol. The maximum absolute atomic E-state index is 14.4. The number of likely N-dealkylation sites (N-methyl/N-ethyl adjacent to an activating group) is 1. The van der Waals surface area contributed by atoms with Crippen LogP contribution in [0.5, 0.6) is 5.75 Å². The minimum atomic E-state index is -4.22. The predicted octanol–water partition coefficient (Wildman–Crippen LogP) is 5.63. The summed E-state index contributed by atoms with van der Waals surface area (Å²) in [7, 11) is -2.74. The number of carbonyl (C=O) groups is 2. The monoisotopic (exact) mass is 633 g/mol. The summed E-state index contributed by atoms with van der Waals surface area (Å²) >= 11 is 6.52. The van der Waals surface area contributed by atoms with Crippen LogP contribution in [0.4, 0.5) is 5.69 Å². The highest BCUT2D eigenvalue weighted by atomic mass is 35.5. The van der Waals surface area contributed by atoms with Gasteiger partial charge in [-0.15, -0.1) is 0 Å². The van der Waals surface area contributed by atoms with Crippen LogP contribution in [0.25, 0.3) is 0 Å². The van der Waals surface area contributed by atoms with Gasteiger partial charge in [0.1, 0.15) is 18.3 Å². The molecule has 8 nitrogen and oxygen atoms in total. The van der Waals surface area contributed by atoms with Crippen LogP contribution < -0.4 is 14.4 Å². The minimum Gasteiger partial charge on any atom is -0.497 e. The van der Waals surface area contributed by atoms with Crippen LogP contribution in [0.2, 0.25) is 5.02 Å². The van der Waals surface area contributed by atoms with Crippen molar-refractivity contribution in [1.29, 1.82) is 0 Å². The van der Waals surface area contributed by atoms with E-state index in [0.717, 1.165) is 15.4 Å². The fraction of sp³-hybridized carbons (Fsp3) is 0.235. The maximum Gasteiger partial charge on any atom is 0.264 e. The number of carbonyl (C=O) groups excluding carboxylic acids is 2. The average molecular weight is 634 g/mol. The van der Waals surface area contributed by atoms with Crippen molar-refractivity contribution >= 4 is 39.1 Å². The summed E-state index contributed by atoms with van der Waals surface area (Å²) in [6.45, 7) is 3.44. The Bertz CT molecular complexity index is 1680. The lowest BCUT2D eigenvalue weighted by molar-refractivity contribution is -0.140. The molecule has 10 heteroatoms. The highest BCUT2D eigenvalue weighted by Crippen LogP contribution is 2.28. The van der Waals surface area contributed by atoms with Gasteiger partial charge in [-0.25, -0.2) is 8.42 Å². The summed E-state index contributed by atoms with van der Waals surface area (Å²) in [6, 6.07) is 28.4. The Hall–Kier alpha value is -4.34. The quantitative estimate of drug-likeness (QED) is 0.206. The summed E-state index contributed by atoms with van der Waals surface area (Å²) in [5.74, 6) is -0.502. The molecule has 4 rings (SSSR count). The molecular formula is C34H36ClN3O5S. The van der Waals surface area contributed by atoms with Crippen LogP contribution in [-0.2, 0) is 32.6 Å². The van der Waals surface area contributed by atoms with Crippen LogP contribution in [-0.4, -0.2) is 51.4 Å². The summed E-state index contributed by atoms with van der Waals surface area (Å²) < 4.78 is 34.7. The SMILES string of the molecule is CCNC(=O)C(Cc1ccccc1)N(Cc1ccccc1Cl)C(=O)CN(c1cccc(OC)c1)S(=O)(=O)c1ccc(C)cc1. The van der Waals surface area contributed by atoms with Crippen molar-refractivity contribution in [1.82, 2.24) is 10.2 Å². The summed E-state index contributed by atoms with van der Waals surface area (Å²) in [5, 5.41) is 3.28. The number of halogens is 1. The molecule has 0 spiro atoms. The van der Waals surface area contributed by atoms with Crippen molar-refractivity contribution < 1.29 is 22.7 Å². The number of sulfonamides is 1. The normalized spacial score (nSPS) is 11.8. The van der Waals surface area contributed by atoms with E-state index in [2.05, 4.69) is 5.32 Å². The molecule has 0 saturated heterocycles. The van der Waals surface area contributed by atoms with Crippen molar-refractivity contribution in [2.75, 3.05) is 24.5 Å². The number of nitrogens with zero attached hydrogens (tertiary/aromatic N) is 2. The van der Waals surface area contributed by atoms with Crippen LogP contribution in [0.3, 0.4) is 0 Å². The van der Waals surface area contributed by atoms with Gasteiger partial charge in [0, 0.05) is 30.6 Å². The number of hydrogen-bond donors (Lipinski definition) is 1. The Labute approximate surface area is 264 Å². The largest absolute Gasteiger partial charge is 0.497 e. The van der Waals surface area contributed by atoms with E-state index in [9.17, 15) is 18.0 Å². The van der Waals surface area contributed by atoms with E-state index in [4.69, 9.17) is 16.3 Å². The zero-order chi connectivity index (χ0) is 31.7. The molecule has 0 aliphatic carbocycles. The second-order valence-electron chi connectivity index (χ2n) is 10.2. The third-order valence-corrected chi connectivity index (χ3v) is 9.31. The Morgan fingerprint density at radius 2 is 1.59 bits per heavy atom. The fourth-order valence-electron chi connectivity index (χ4n) is 4.79. The topological polar surface area (TPSA) is 96.0 Å². The van der Waals surface area contributed by atoms with Crippen molar-refractivity contribution in [3.8, 4) is 5.75 Å². The molecule has 0 heterocycles. The standard InChI is InChI=1S/C34H36ClN3O5S/c1-4-36-34(40)32(21-26-11-6-5-7-12-26)37(23-27-13-8-9-16-31(27)35)33(39)24-38(28-14-10-15-29(22-28)43-3)44(41,42)30-19-17-25(2)18-20-30/h5-20,22,32H,4,21,23-24H2,1-3H3,(H,36,40). The zero-order valence-corrected chi connectivity index (χ0v) is 26.5. The maximum atomic E-state index is 14.4. The van der Waals surface area contributed by atoms with Gasteiger partial charge >= 0.3 is 0 Å². The lowest BCUT2D eigenvalue weighted by Crippen LogP contribution is -2.53. The molecule has 0 radical (unpaired) electrons. The van der Waals surface area contributed by atoms with Gasteiger partial charge in [0.15, 0.2) is 0 Å². The second-order valence-corrected chi connectivity index (χ2v) is 12.5. The van der Waals surface area contributed by atoms with E-state index in [-0.39, 0.29) is 29.5 Å². The van der Waals surface area contributed by atoms with Gasteiger partial charge in [-0.05, 0) is 55.3 Å². The van der Waals surface area contributed by atoms with Crippen molar-refractivity contribution in [2.24, 2.45) is 0 Å². The van der Waals surface area contributed by atoms with E-state index in [1.165, 1.54) is 24.1 Å². The first kappa shape index (κ1) is 32.6. The van der Waals surface area contributed by atoms with E-state index in [1.807, 2.05) is 37.3 Å². The molecule has 0 aliphatic heterocycles. The van der Waals surface area contributed by atoms with E-state index in [0.29, 0.717) is 22.9 Å². The third kappa shape index (κ3) is 7.98. The van der Waals surface area contributed by atoms with Crippen molar-refractivity contribution in [3.63, 3.8) is 0 Å². The number of rotatable bonds is 13. The fourth-order valence-corrected chi connectivity index (χ4v) is 6.39. The number of nitrogens with one attached hydrogen (secondary N) is 1. The highest BCUT2D eigenvalue weighted by molar-refractivity contribution is 7.92. The molecule has 0 aromatic heterocycles. The Morgan fingerprint density at radius 3 is 2.25 bits per heavy atom. The van der Waals surface area contributed by atoms with Crippen LogP contribution in [0.1, 0.15) is 23.6 Å². The first-order chi connectivity index (χ1) is 21.1. The second kappa shape index (κ2) is 14.9. The molecule has 4 aromatic carbocycles. The molecular weight excluding hydrogens is 598 g/mol. The van der Waals surface area contributed by atoms with Gasteiger partial charge in [0.25, 0.3) is 10.0 Å². The Balaban J connectivity index is 1.82. The molecule has 2 amide bonds. The number of methoxy groups -OCH3 is 1. The lowest BCUT2D eigenvalue weighted by Gasteiger charge is -2.34. The number of anilines is 1. The van der Waals surface area contributed by atoms with E-state index in [1.54, 1.807) is 67.6 Å². The van der Waals surface area contributed by atoms with Crippen LogP contribution >= 0.6 is 11.6 Å². The van der Waals surface area contributed by atoms with Crippen LogP contribution in [0.15, 0.2) is 108 Å². The highest BCUT2D eigenvalue weighted by Gasteiger charge is 2.35. The number of amides is 2. The Kier molecular flexibility index (Phi) is 11.0. The first-order valence-corrected chi connectivity index (χ1v) is 16.0.